The van der Waals surface area contributed by atoms with E-state index in [1.807, 2.05) is 79.7 Å². The van der Waals surface area contributed by atoms with Crippen LogP contribution in [0.4, 0.5) is 0 Å². The van der Waals surface area contributed by atoms with Crippen molar-refractivity contribution in [1.29, 1.82) is 0 Å². The van der Waals surface area contributed by atoms with Crippen LogP contribution in [0.25, 0.3) is 0 Å². The molecule has 0 aliphatic carbocycles. The van der Waals surface area contributed by atoms with Gasteiger partial charge in [-0.05, 0) is 28.3 Å². The van der Waals surface area contributed by atoms with Crippen molar-refractivity contribution < 1.29 is 14.1 Å². The maximum Gasteiger partial charge on any atom is 0.261 e. The maximum absolute atomic E-state index is 14.7. The number of benzene rings is 4. The Morgan fingerprint density at radius 2 is 1.10 bits per heavy atom. The quantitative estimate of drug-likeness (QED) is 0.138. The maximum atomic E-state index is 14.7. The van der Waals surface area contributed by atoms with Crippen LogP contribution < -0.4 is 21.0 Å². The first-order valence-corrected chi connectivity index (χ1v) is 17.5. The summed E-state index contributed by atoms with van der Waals surface area (Å²) in [5.41, 5.74) is -0.421. The molecule has 0 aromatic heterocycles. The Labute approximate surface area is 235 Å². The van der Waals surface area contributed by atoms with E-state index in [0.717, 1.165) is 10.6 Å². The van der Waals surface area contributed by atoms with E-state index >= 15 is 0 Å². The molecule has 0 radical (unpaired) electrons. The van der Waals surface area contributed by atoms with Crippen LogP contribution in [0.1, 0.15) is 40.5 Å². The third-order valence-corrected chi connectivity index (χ3v) is 16.5. The highest BCUT2D eigenvalue weighted by molar-refractivity contribution is 7.79. The van der Waals surface area contributed by atoms with E-state index in [2.05, 4.69) is 69.3 Å². The van der Waals surface area contributed by atoms with Gasteiger partial charge in [0.15, 0.2) is 0 Å². The largest absolute Gasteiger partial charge is 0.407 e. The van der Waals surface area contributed by atoms with Crippen molar-refractivity contribution in [3.8, 4) is 0 Å². The fourth-order valence-electron chi connectivity index (χ4n) is 5.68. The molecule has 0 bridgehead atoms. The van der Waals surface area contributed by atoms with Gasteiger partial charge in [-0.2, -0.15) is 0 Å². The third-order valence-electron chi connectivity index (χ3n) is 7.79. The Hall–Kier alpha value is -2.75. The first kappa shape index (κ1) is 29.2. The second-order valence-electron chi connectivity index (χ2n) is 11.3. The molecule has 204 valence electrons. The lowest BCUT2D eigenvalue weighted by Crippen LogP contribution is -2.66. The third kappa shape index (κ3) is 6.05. The van der Waals surface area contributed by atoms with Crippen LogP contribution in [0.15, 0.2) is 121 Å². The predicted molar refractivity (Wildman–Crippen MR) is 168 cm³/mol. The normalized spacial score (nSPS) is 14.1. The number of hydrogen-bond acceptors (Lipinski definition) is 3. The van der Waals surface area contributed by atoms with Gasteiger partial charge in [0.2, 0.25) is 0 Å². The van der Waals surface area contributed by atoms with Gasteiger partial charge in [-0.25, -0.2) is 0 Å². The predicted octanol–water partition coefficient (Wildman–Crippen LogP) is 6.11. The van der Waals surface area contributed by atoms with Gasteiger partial charge in [-0.3, -0.25) is 0 Å². The topological polar surface area (TPSA) is 46.5 Å². The zero-order valence-electron chi connectivity index (χ0n) is 23.5. The summed E-state index contributed by atoms with van der Waals surface area (Å²) >= 11 is 0. The highest BCUT2D eigenvalue weighted by Gasteiger charge is 2.50. The summed E-state index contributed by atoms with van der Waals surface area (Å²) in [6.07, 6.45) is 0.474. The van der Waals surface area contributed by atoms with E-state index in [1.165, 1.54) is 10.4 Å². The Morgan fingerprint density at radius 3 is 1.49 bits per heavy atom. The van der Waals surface area contributed by atoms with Crippen molar-refractivity contribution in [2.75, 3.05) is 6.61 Å². The van der Waals surface area contributed by atoms with Gasteiger partial charge < -0.3 is 14.1 Å². The lowest BCUT2D eigenvalue weighted by Gasteiger charge is -2.43. The molecule has 0 saturated heterocycles. The molecule has 1 N–H and O–H groups in total. The fraction of sp³-hybridized carbons (Fsp3) is 0.294. The standard InChI is InChI=1S/C34H41O3PSi/c1-28(38(36,29-18-9-5-10-19-29)30-20-11-6-12-21-30)33(35)26-17-27-37-39(34(2,3)4,31-22-13-7-14-23-31)32-24-15-8-16-25-32/h5-16,18-25,28,33,35H,17,26-27H2,1-4H3/t28-,33+/m0/s1. The summed E-state index contributed by atoms with van der Waals surface area (Å²) in [5.74, 6) is 0. The lowest BCUT2D eigenvalue weighted by atomic mass is 10.1. The molecule has 0 saturated carbocycles. The summed E-state index contributed by atoms with van der Waals surface area (Å²) in [6, 6.07) is 40.4. The molecule has 0 amide bonds. The molecule has 4 rings (SSSR count). The van der Waals surface area contributed by atoms with Gasteiger partial charge in [0.25, 0.3) is 8.32 Å². The van der Waals surface area contributed by atoms with Crippen LogP contribution in [0.2, 0.25) is 5.04 Å². The second-order valence-corrected chi connectivity index (χ2v) is 18.8. The summed E-state index contributed by atoms with van der Waals surface area (Å²) in [4.78, 5) is 0. The van der Waals surface area contributed by atoms with E-state index in [-0.39, 0.29) is 5.04 Å². The molecule has 39 heavy (non-hydrogen) atoms. The Morgan fingerprint density at radius 1 is 0.718 bits per heavy atom. The minimum atomic E-state index is -3.06. The van der Waals surface area contributed by atoms with Crippen LogP contribution in [-0.4, -0.2) is 31.8 Å². The van der Waals surface area contributed by atoms with Crippen LogP contribution in [0.3, 0.4) is 0 Å². The highest BCUT2D eigenvalue weighted by atomic mass is 31.2. The van der Waals surface area contributed by atoms with Crippen molar-refractivity contribution in [2.45, 2.75) is 57.3 Å². The Kier molecular flexibility index (Phi) is 9.46. The van der Waals surface area contributed by atoms with Gasteiger partial charge in [-0.1, -0.05) is 149 Å². The Bertz CT molecular complexity index is 1260. The van der Waals surface area contributed by atoms with Crippen LogP contribution in [-0.2, 0) is 8.99 Å². The van der Waals surface area contributed by atoms with Gasteiger partial charge in [0.1, 0.15) is 7.14 Å². The SMILES string of the molecule is C[C@@H]([C@H](O)CCCO[Si](c1ccccc1)(c1ccccc1)C(C)(C)C)P(=O)(c1ccccc1)c1ccccc1. The molecule has 0 unspecified atom stereocenters. The monoisotopic (exact) mass is 556 g/mol. The molecule has 3 nitrogen and oxygen atoms in total. The smallest absolute Gasteiger partial charge is 0.261 e. The van der Waals surface area contributed by atoms with Gasteiger partial charge in [-0.15, -0.1) is 0 Å². The number of rotatable bonds is 11. The molecular formula is C34H41O3PSi. The average Bonchev–Trinajstić information content (AvgIpc) is 2.97. The lowest BCUT2D eigenvalue weighted by molar-refractivity contribution is 0.150. The summed E-state index contributed by atoms with van der Waals surface area (Å²) < 4.78 is 21.7. The molecule has 2 atom stereocenters. The molecule has 4 aromatic carbocycles. The number of aliphatic hydroxyl groups excluding tert-OH is 1. The zero-order valence-corrected chi connectivity index (χ0v) is 25.4. The van der Waals surface area contributed by atoms with E-state index < -0.39 is 27.2 Å². The molecular weight excluding hydrogens is 515 g/mol. The first-order valence-electron chi connectivity index (χ1n) is 13.9. The van der Waals surface area contributed by atoms with Crippen LogP contribution >= 0.6 is 7.14 Å². The molecule has 5 heteroatoms. The van der Waals surface area contributed by atoms with Crippen molar-refractivity contribution in [2.24, 2.45) is 0 Å². The minimum absolute atomic E-state index is 0.0993. The summed E-state index contributed by atoms with van der Waals surface area (Å²) in [5, 5.41) is 15.3. The van der Waals surface area contributed by atoms with Crippen molar-refractivity contribution in [3.05, 3.63) is 121 Å². The summed E-state index contributed by atoms with van der Waals surface area (Å²) in [6.45, 7) is 9.26. The van der Waals surface area contributed by atoms with Crippen molar-refractivity contribution >= 4 is 36.4 Å². The molecule has 0 heterocycles. The van der Waals surface area contributed by atoms with Crippen molar-refractivity contribution in [1.82, 2.24) is 0 Å². The van der Waals surface area contributed by atoms with Gasteiger partial charge in [0.05, 0.1) is 6.10 Å². The van der Waals surface area contributed by atoms with Crippen molar-refractivity contribution in [3.63, 3.8) is 0 Å². The Balaban J connectivity index is 1.55. The second kappa shape index (κ2) is 12.6. The van der Waals surface area contributed by atoms with E-state index in [0.29, 0.717) is 19.4 Å². The molecule has 0 fully saturated rings. The van der Waals surface area contributed by atoms with E-state index in [4.69, 9.17) is 4.43 Å². The first-order chi connectivity index (χ1) is 18.7. The summed E-state index contributed by atoms with van der Waals surface area (Å²) in [7, 11) is -5.68. The minimum Gasteiger partial charge on any atom is -0.407 e. The highest BCUT2D eigenvalue weighted by Crippen LogP contribution is 2.50. The molecule has 0 spiro atoms. The van der Waals surface area contributed by atoms with E-state index in [1.54, 1.807) is 0 Å². The van der Waals surface area contributed by atoms with E-state index in [9.17, 15) is 9.67 Å². The van der Waals surface area contributed by atoms with Crippen LogP contribution in [0, 0.1) is 0 Å². The average molecular weight is 557 g/mol. The molecule has 0 aliphatic heterocycles. The number of aliphatic hydroxyl groups is 1. The number of hydrogen-bond donors (Lipinski definition) is 1. The van der Waals surface area contributed by atoms with Crippen LogP contribution in [0.5, 0.6) is 0 Å². The zero-order chi connectivity index (χ0) is 27.9. The molecule has 0 aliphatic rings. The van der Waals surface area contributed by atoms with Gasteiger partial charge >= 0.3 is 0 Å². The van der Waals surface area contributed by atoms with Gasteiger partial charge in [0, 0.05) is 22.9 Å². The fourth-order valence-corrected chi connectivity index (χ4v) is 13.4. The molecule has 4 aromatic rings.